The summed E-state index contributed by atoms with van der Waals surface area (Å²) >= 11 is 0. The van der Waals surface area contributed by atoms with Crippen molar-refractivity contribution < 1.29 is 23.1 Å². The lowest BCUT2D eigenvalue weighted by Gasteiger charge is -2.21. The first-order chi connectivity index (χ1) is 8.88. The van der Waals surface area contributed by atoms with Crippen molar-refractivity contribution >= 4 is 5.91 Å². The van der Waals surface area contributed by atoms with Gasteiger partial charge in [0, 0.05) is 12.1 Å². The molecule has 1 amide bonds. The highest BCUT2D eigenvalue weighted by Crippen LogP contribution is 2.36. The average molecular weight is 270 g/mol. The number of β-amino-alcohol motifs (C(OH)–C–C–N with tert-alkyl or cyclic N) is 1. The standard InChI is InChI=1S/C12H9F3N2O2/c1-5(18)4-17-8(3-16)6-2-7(13)10(14)11(15)9(6)12(17)19/h2,5,8,18H,4H2,1H3. The maximum Gasteiger partial charge on any atom is 0.258 e. The summed E-state index contributed by atoms with van der Waals surface area (Å²) in [6.45, 7) is 1.15. The van der Waals surface area contributed by atoms with E-state index in [4.69, 9.17) is 5.26 Å². The molecule has 100 valence electrons. The van der Waals surface area contributed by atoms with Crippen LogP contribution in [-0.4, -0.2) is 28.6 Å². The van der Waals surface area contributed by atoms with Crippen molar-refractivity contribution in [2.75, 3.05) is 6.54 Å². The van der Waals surface area contributed by atoms with Crippen molar-refractivity contribution in [3.63, 3.8) is 0 Å². The number of halogens is 3. The second-order valence-electron chi connectivity index (χ2n) is 4.29. The number of carbonyl (C=O) groups excluding carboxylic acids is 1. The quantitative estimate of drug-likeness (QED) is 0.828. The van der Waals surface area contributed by atoms with Crippen molar-refractivity contribution in [3.05, 3.63) is 34.6 Å². The van der Waals surface area contributed by atoms with E-state index in [-0.39, 0.29) is 12.1 Å². The van der Waals surface area contributed by atoms with Crippen LogP contribution in [0, 0.1) is 28.8 Å². The van der Waals surface area contributed by atoms with Gasteiger partial charge in [-0.15, -0.1) is 0 Å². The van der Waals surface area contributed by atoms with Crippen molar-refractivity contribution in [2.24, 2.45) is 0 Å². The Hall–Kier alpha value is -2.07. The number of aliphatic hydroxyl groups is 1. The number of nitriles is 1. The molecule has 2 atom stereocenters. The van der Waals surface area contributed by atoms with Gasteiger partial charge in [-0.25, -0.2) is 13.2 Å². The Bertz CT molecular complexity index is 596. The van der Waals surface area contributed by atoms with Crippen LogP contribution in [0.5, 0.6) is 0 Å². The molecule has 0 radical (unpaired) electrons. The number of benzene rings is 1. The monoisotopic (exact) mass is 270 g/mol. The minimum Gasteiger partial charge on any atom is -0.392 e. The van der Waals surface area contributed by atoms with Crippen molar-refractivity contribution in [2.45, 2.75) is 19.1 Å². The summed E-state index contributed by atoms with van der Waals surface area (Å²) in [4.78, 5) is 12.8. The Labute approximate surface area is 106 Å². The maximum absolute atomic E-state index is 13.6. The third-order valence-corrected chi connectivity index (χ3v) is 2.86. The van der Waals surface area contributed by atoms with Crippen LogP contribution < -0.4 is 0 Å². The van der Waals surface area contributed by atoms with E-state index >= 15 is 0 Å². The van der Waals surface area contributed by atoms with Gasteiger partial charge in [0.15, 0.2) is 17.5 Å². The van der Waals surface area contributed by atoms with Crippen LogP contribution in [-0.2, 0) is 0 Å². The third kappa shape index (κ3) is 1.94. The topological polar surface area (TPSA) is 64.3 Å². The molecule has 1 aliphatic heterocycles. The summed E-state index contributed by atoms with van der Waals surface area (Å²) in [5.74, 6) is -5.74. The largest absolute Gasteiger partial charge is 0.392 e. The van der Waals surface area contributed by atoms with Crippen molar-refractivity contribution in [1.82, 2.24) is 4.90 Å². The molecule has 1 aromatic rings. The van der Waals surface area contributed by atoms with E-state index in [1.165, 1.54) is 6.92 Å². The fraction of sp³-hybridized carbons (Fsp3) is 0.333. The smallest absolute Gasteiger partial charge is 0.258 e. The Morgan fingerprint density at radius 3 is 2.63 bits per heavy atom. The van der Waals surface area contributed by atoms with Gasteiger partial charge in [-0.3, -0.25) is 4.79 Å². The number of aliphatic hydroxyl groups excluding tert-OH is 1. The molecular formula is C12H9F3N2O2. The summed E-state index contributed by atoms with van der Waals surface area (Å²) in [5, 5.41) is 18.3. The summed E-state index contributed by atoms with van der Waals surface area (Å²) in [5.41, 5.74) is -0.865. The van der Waals surface area contributed by atoms with Gasteiger partial charge in [0.2, 0.25) is 0 Å². The molecule has 0 spiro atoms. The zero-order chi connectivity index (χ0) is 14.3. The van der Waals surface area contributed by atoms with Gasteiger partial charge in [0.1, 0.15) is 6.04 Å². The van der Waals surface area contributed by atoms with Gasteiger partial charge >= 0.3 is 0 Å². The summed E-state index contributed by atoms with van der Waals surface area (Å²) < 4.78 is 39.9. The molecule has 2 rings (SSSR count). The molecule has 0 aromatic heterocycles. The molecule has 1 aromatic carbocycles. The highest BCUT2D eigenvalue weighted by molar-refractivity contribution is 6.00. The second kappa shape index (κ2) is 4.55. The van der Waals surface area contributed by atoms with E-state index in [2.05, 4.69) is 0 Å². The molecule has 1 heterocycles. The van der Waals surface area contributed by atoms with E-state index in [9.17, 15) is 23.1 Å². The molecule has 2 unspecified atom stereocenters. The first-order valence-electron chi connectivity index (χ1n) is 5.44. The Balaban J connectivity index is 2.60. The summed E-state index contributed by atoms with van der Waals surface area (Å²) in [6.07, 6.45) is -0.952. The predicted octanol–water partition coefficient (Wildman–Crippen LogP) is 1.51. The van der Waals surface area contributed by atoms with Crippen LogP contribution in [0.25, 0.3) is 0 Å². The predicted molar refractivity (Wildman–Crippen MR) is 57.4 cm³/mol. The van der Waals surface area contributed by atoms with Crippen LogP contribution in [0.4, 0.5) is 13.2 Å². The van der Waals surface area contributed by atoms with Gasteiger partial charge in [-0.1, -0.05) is 0 Å². The zero-order valence-corrected chi connectivity index (χ0v) is 9.82. The molecule has 0 saturated heterocycles. The van der Waals surface area contributed by atoms with Crippen LogP contribution in [0.2, 0.25) is 0 Å². The Kier molecular flexibility index (Phi) is 3.20. The molecule has 0 bridgehead atoms. The highest BCUT2D eigenvalue weighted by atomic mass is 19.2. The average Bonchev–Trinajstić information content (AvgIpc) is 2.59. The first kappa shape index (κ1) is 13.4. The van der Waals surface area contributed by atoms with Crippen LogP contribution in [0.15, 0.2) is 6.07 Å². The van der Waals surface area contributed by atoms with Gasteiger partial charge in [0.05, 0.1) is 17.7 Å². The van der Waals surface area contributed by atoms with E-state index in [0.29, 0.717) is 6.07 Å². The molecule has 1 aliphatic rings. The zero-order valence-electron chi connectivity index (χ0n) is 9.82. The normalized spacial score (nSPS) is 19.3. The lowest BCUT2D eigenvalue weighted by atomic mass is 10.0. The number of amides is 1. The highest BCUT2D eigenvalue weighted by Gasteiger charge is 2.41. The lowest BCUT2D eigenvalue weighted by Crippen LogP contribution is -2.34. The molecule has 1 N–H and O–H groups in total. The van der Waals surface area contributed by atoms with Crippen LogP contribution in [0.3, 0.4) is 0 Å². The second-order valence-corrected chi connectivity index (χ2v) is 4.29. The minimum atomic E-state index is -1.75. The SMILES string of the molecule is CC(O)CN1C(=O)c2c(cc(F)c(F)c2F)C1C#N. The molecule has 0 saturated carbocycles. The number of fused-ring (bicyclic) bond motifs is 1. The summed E-state index contributed by atoms with van der Waals surface area (Å²) in [6, 6.07) is 1.12. The number of hydrogen-bond donors (Lipinski definition) is 1. The number of hydrogen-bond acceptors (Lipinski definition) is 3. The van der Waals surface area contributed by atoms with E-state index in [1.807, 2.05) is 0 Å². The molecule has 0 fully saturated rings. The number of carbonyl (C=O) groups is 1. The van der Waals surface area contributed by atoms with Gasteiger partial charge < -0.3 is 10.0 Å². The minimum absolute atomic E-state index is 0.218. The number of rotatable bonds is 2. The van der Waals surface area contributed by atoms with Crippen LogP contribution in [0.1, 0.15) is 28.9 Å². The molecule has 4 nitrogen and oxygen atoms in total. The summed E-state index contributed by atoms with van der Waals surface area (Å²) in [7, 11) is 0. The first-order valence-corrected chi connectivity index (χ1v) is 5.44. The van der Waals surface area contributed by atoms with Gasteiger partial charge in [-0.2, -0.15) is 5.26 Å². The van der Waals surface area contributed by atoms with Crippen LogP contribution >= 0.6 is 0 Å². The van der Waals surface area contributed by atoms with Crippen molar-refractivity contribution in [3.8, 4) is 6.07 Å². The molecule has 19 heavy (non-hydrogen) atoms. The van der Waals surface area contributed by atoms with E-state index < -0.39 is 41.1 Å². The molecule has 7 heteroatoms. The lowest BCUT2D eigenvalue weighted by molar-refractivity contribution is 0.0638. The fourth-order valence-electron chi connectivity index (χ4n) is 2.09. The molecule has 0 aliphatic carbocycles. The van der Waals surface area contributed by atoms with Gasteiger partial charge in [-0.05, 0) is 13.0 Å². The van der Waals surface area contributed by atoms with E-state index in [1.54, 1.807) is 6.07 Å². The maximum atomic E-state index is 13.6. The Morgan fingerprint density at radius 1 is 1.47 bits per heavy atom. The third-order valence-electron chi connectivity index (χ3n) is 2.86. The molecular weight excluding hydrogens is 261 g/mol. The van der Waals surface area contributed by atoms with Crippen molar-refractivity contribution in [1.29, 1.82) is 5.26 Å². The van der Waals surface area contributed by atoms with E-state index in [0.717, 1.165) is 4.90 Å². The van der Waals surface area contributed by atoms with Gasteiger partial charge in [0.25, 0.3) is 5.91 Å². The fourth-order valence-corrected chi connectivity index (χ4v) is 2.09. The number of nitrogens with zero attached hydrogens (tertiary/aromatic N) is 2. The Morgan fingerprint density at radius 2 is 2.11 bits per heavy atom.